The summed E-state index contributed by atoms with van der Waals surface area (Å²) in [4.78, 5) is 18.7. The highest BCUT2D eigenvalue weighted by Crippen LogP contribution is 2.31. The first-order valence-corrected chi connectivity index (χ1v) is 9.73. The molecule has 0 atom stereocenters. The lowest BCUT2D eigenvalue weighted by Gasteiger charge is -2.11. The van der Waals surface area contributed by atoms with E-state index in [0.717, 1.165) is 4.88 Å². The highest BCUT2D eigenvalue weighted by molar-refractivity contribution is 7.13. The molecule has 0 aliphatic carbocycles. The third-order valence-electron chi connectivity index (χ3n) is 4.40. The number of hydrogen-bond donors (Lipinski definition) is 0. The molecule has 7 nitrogen and oxygen atoms in total. The van der Waals surface area contributed by atoms with Crippen LogP contribution in [0.25, 0.3) is 21.6 Å². The molecular weight excluding hydrogens is 388 g/mol. The van der Waals surface area contributed by atoms with Gasteiger partial charge in [0.25, 0.3) is 0 Å². The largest absolute Gasteiger partial charge is 0.493 e. The van der Waals surface area contributed by atoms with Gasteiger partial charge >= 0.3 is 5.97 Å². The number of aromatic nitrogens is 3. The molecule has 144 valence electrons. The van der Waals surface area contributed by atoms with Crippen LogP contribution in [0.15, 0.2) is 48.0 Å². The number of ether oxygens (including phenoxy) is 2. The van der Waals surface area contributed by atoms with Crippen molar-refractivity contribution in [2.24, 2.45) is 0 Å². The highest BCUT2D eigenvalue weighted by Gasteiger charge is 2.20. The molecule has 3 heterocycles. The molecule has 4 rings (SSSR count). The fourth-order valence-electron chi connectivity index (χ4n) is 2.97. The minimum absolute atomic E-state index is 0.238. The van der Waals surface area contributed by atoms with Crippen LogP contribution in [0.2, 0.25) is 0 Å². The molecule has 0 N–H and O–H groups in total. The molecule has 0 amide bonds. The maximum absolute atomic E-state index is 13.1. The Bertz CT molecular complexity index is 1240. The zero-order valence-electron chi connectivity index (χ0n) is 15.7. The van der Waals surface area contributed by atoms with Crippen molar-refractivity contribution in [2.45, 2.75) is 13.5 Å². The summed E-state index contributed by atoms with van der Waals surface area (Å²) in [6.07, 6.45) is 1.62. The zero-order chi connectivity index (χ0) is 20.4. The normalized spacial score (nSPS) is 10.7. The number of carbonyl (C=O) groups excluding carboxylic acids is 1. The van der Waals surface area contributed by atoms with Gasteiger partial charge in [0.05, 0.1) is 46.5 Å². The fraction of sp³-hybridized carbons (Fsp3) is 0.143. The fourth-order valence-corrected chi connectivity index (χ4v) is 3.66. The summed E-state index contributed by atoms with van der Waals surface area (Å²) in [6, 6.07) is 12.3. The number of pyridine rings is 1. The first-order chi connectivity index (χ1) is 14.1. The summed E-state index contributed by atoms with van der Waals surface area (Å²) < 4.78 is 12.6. The third kappa shape index (κ3) is 3.44. The first-order valence-electron chi connectivity index (χ1n) is 8.85. The molecule has 0 unspecified atom stereocenters. The van der Waals surface area contributed by atoms with E-state index in [1.807, 2.05) is 30.5 Å². The molecule has 4 aromatic rings. The molecule has 0 saturated heterocycles. The Morgan fingerprint density at radius 1 is 1.28 bits per heavy atom. The average Bonchev–Trinajstić information content (AvgIpc) is 3.43. The molecule has 0 saturated carbocycles. The van der Waals surface area contributed by atoms with Crippen LogP contribution in [0.5, 0.6) is 11.5 Å². The van der Waals surface area contributed by atoms with Crippen molar-refractivity contribution in [3.63, 3.8) is 0 Å². The van der Waals surface area contributed by atoms with Gasteiger partial charge in [-0.25, -0.2) is 14.5 Å². The van der Waals surface area contributed by atoms with Gasteiger partial charge < -0.3 is 9.47 Å². The lowest BCUT2D eigenvalue weighted by Crippen LogP contribution is -2.11. The van der Waals surface area contributed by atoms with Gasteiger partial charge in [-0.05, 0) is 36.6 Å². The van der Waals surface area contributed by atoms with E-state index in [1.165, 1.54) is 13.2 Å². The van der Waals surface area contributed by atoms with Gasteiger partial charge in [0.2, 0.25) is 0 Å². The predicted molar refractivity (Wildman–Crippen MR) is 109 cm³/mol. The number of hydrogen-bond acceptors (Lipinski definition) is 7. The van der Waals surface area contributed by atoms with Gasteiger partial charge in [-0.3, -0.25) is 0 Å². The molecule has 0 radical (unpaired) electrons. The molecule has 0 spiro atoms. The van der Waals surface area contributed by atoms with E-state index in [4.69, 9.17) is 19.7 Å². The molecule has 29 heavy (non-hydrogen) atoms. The molecule has 3 aromatic heterocycles. The number of nitriles is 1. The average molecular weight is 404 g/mol. The van der Waals surface area contributed by atoms with Crippen LogP contribution < -0.4 is 9.47 Å². The van der Waals surface area contributed by atoms with Crippen molar-refractivity contribution in [1.82, 2.24) is 14.8 Å². The second kappa shape index (κ2) is 7.73. The Morgan fingerprint density at radius 2 is 2.14 bits per heavy atom. The monoisotopic (exact) mass is 404 g/mol. The number of fused-ring (bicyclic) bond motifs is 1. The summed E-state index contributed by atoms with van der Waals surface area (Å²) in [5.41, 5.74) is 2.08. The van der Waals surface area contributed by atoms with Crippen molar-refractivity contribution < 1.29 is 14.3 Å². The number of esters is 1. The SMILES string of the molecule is CCn1ncc2c(C(=O)Oc3ccc(C#N)cc3OC)cc(-c3cccs3)nc21. The lowest BCUT2D eigenvalue weighted by molar-refractivity contribution is 0.0731. The minimum atomic E-state index is -0.547. The number of rotatable bonds is 5. The van der Waals surface area contributed by atoms with Gasteiger partial charge in [0, 0.05) is 12.6 Å². The minimum Gasteiger partial charge on any atom is -0.493 e. The van der Waals surface area contributed by atoms with E-state index in [0.29, 0.717) is 40.1 Å². The Labute approximate surface area is 170 Å². The molecule has 1 aromatic carbocycles. The number of carbonyl (C=O) groups is 1. The number of benzene rings is 1. The van der Waals surface area contributed by atoms with Crippen molar-refractivity contribution in [2.75, 3.05) is 7.11 Å². The Hall–Kier alpha value is -3.70. The maximum Gasteiger partial charge on any atom is 0.344 e. The smallest absolute Gasteiger partial charge is 0.344 e. The van der Waals surface area contributed by atoms with Gasteiger partial charge in [-0.1, -0.05) is 6.07 Å². The molecule has 8 heteroatoms. The Morgan fingerprint density at radius 3 is 2.83 bits per heavy atom. The zero-order valence-corrected chi connectivity index (χ0v) is 16.6. The molecular formula is C21H16N4O3S. The second-order valence-corrected chi connectivity index (χ2v) is 7.04. The van der Waals surface area contributed by atoms with E-state index in [2.05, 4.69) is 5.10 Å². The van der Waals surface area contributed by atoms with Crippen LogP contribution in [0.1, 0.15) is 22.8 Å². The van der Waals surface area contributed by atoms with Crippen LogP contribution in [-0.4, -0.2) is 27.8 Å². The van der Waals surface area contributed by atoms with Crippen LogP contribution >= 0.6 is 11.3 Å². The van der Waals surface area contributed by atoms with Crippen molar-refractivity contribution in [3.05, 3.63) is 59.1 Å². The van der Waals surface area contributed by atoms with E-state index in [9.17, 15) is 4.79 Å². The maximum atomic E-state index is 13.1. The van der Waals surface area contributed by atoms with Gasteiger partial charge in [-0.2, -0.15) is 10.4 Å². The standard InChI is InChI=1S/C21H16N4O3S/c1-3-25-20-15(12-23-25)14(10-16(24-20)19-5-4-8-29-19)21(26)28-17-7-6-13(11-22)9-18(17)27-2/h4-10,12H,3H2,1-2H3. The van der Waals surface area contributed by atoms with Crippen molar-refractivity contribution >= 4 is 28.3 Å². The highest BCUT2D eigenvalue weighted by atomic mass is 32.1. The summed E-state index contributed by atoms with van der Waals surface area (Å²) in [6.45, 7) is 2.59. The number of thiophene rings is 1. The number of nitrogens with zero attached hydrogens (tertiary/aromatic N) is 4. The summed E-state index contributed by atoms with van der Waals surface area (Å²) >= 11 is 1.54. The second-order valence-electron chi connectivity index (χ2n) is 6.10. The van der Waals surface area contributed by atoms with Gasteiger partial charge in [-0.15, -0.1) is 11.3 Å². The predicted octanol–water partition coefficient (Wildman–Crippen LogP) is 4.28. The van der Waals surface area contributed by atoms with Crippen LogP contribution in [0.3, 0.4) is 0 Å². The quantitative estimate of drug-likeness (QED) is 0.364. The van der Waals surface area contributed by atoms with Crippen LogP contribution in [0, 0.1) is 11.3 Å². The molecule has 0 aliphatic heterocycles. The van der Waals surface area contributed by atoms with Crippen LogP contribution in [0.4, 0.5) is 0 Å². The van der Waals surface area contributed by atoms with E-state index in [-0.39, 0.29) is 5.75 Å². The summed E-state index contributed by atoms with van der Waals surface area (Å²) in [5, 5.41) is 15.9. The number of aryl methyl sites for hydroxylation is 1. The first kappa shape index (κ1) is 18.7. The Kier molecular flexibility index (Phi) is 4.97. The lowest BCUT2D eigenvalue weighted by atomic mass is 10.1. The van der Waals surface area contributed by atoms with Crippen molar-refractivity contribution in [1.29, 1.82) is 5.26 Å². The summed E-state index contributed by atoms with van der Waals surface area (Å²) in [5.74, 6) is 0.00122. The number of methoxy groups -OCH3 is 1. The molecule has 0 bridgehead atoms. The molecule has 0 aliphatic rings. The van der Waals surface area contributed by atoms with Crippen LogP contribution in [-0.2, 0) is 6.54 Å². The summed E-state index contributed by atoms with van der Waals surface area (Å²) in [7, 11) is 1.46. The van der Waals surface area contributed by atoms with Gasteiger partial charge in [0.1, 0.15) is 0 Å². The van der Waals surface area contributed by atoms with E-state index < -0.39 is 5.97 Å². The van der Waals surface area contributed by atoms with E-state index in [1.54, 1.807) is 40.4 Å². The van der Waals surface area contributed by atoms with E-state index >= 15 is 0 Å². The van der Waals surface area contributed by atoms with Crippen molar-refractivity contribution in [3.8, 4) is 28.1 Å². The Balaban J connectivity index is 1.80. The topological polar surface area (TPSA) is 90.0 Å². The third-order valence-corrected chi connectivity index (χ3v) is 5.29. The molecule has 0 fully saturated rings. The van der Waals surface area contributed by atoms with Gasteiger partial charge in [0.15, 0.2) is 17.1 Å².